The molecule has 0 aliphatic carbocycles. The second-order valence-corrected chi connectivity index (χ2v) is 12.5. The fourth-order valence-electron chi connectivity index (χ4n) is 7.20. The normalized spacial score (nSPS) is 16.7. The zero-order valence-corrected chi connectivity index (χ0v) is 28.1. The summed E-state index contributed by atoms with van der Waals surface area (Å²) in [4.78, 5) is 24.9. The maximum absolute atomic E-state index is 12.0. The van der Waals surface area contributed by atoms with Crippen LogP contribution in [-0.4, -0.2) is 30.7 Å². The Morgan fingerprint density at radius 3 is 2.60 bits per heavy atom. The van der Waals surface area contributed by atoms with Crippen LogP contribution >= 0.6 is 0 Å². The Bertz CT molecular complexity index is 2140. The number of hydrogen-bond donors (Lipinski definition) is 1. The van der Waals surface area contributed by atoms with Gasteiger partial charge in [0, 0.05) is 29.4 Å². The lowest BCUT2D eigenvalue weighted by atomic mass is 9.69. The standard InChI is InChI=1S/C42H39N3O5/c1-2-3-24-42(28-31-11-5-4-6-12-31)38(44(25-23-40(47)48)36-20-19-33-13-7-8-14-34(33)41(36)42)21-17-32(29-43)18-22-39-45(26-27-49-30-46)35-15-9-10-16-37(35)50-39/h4-22,30H,2-3,23-28H2,1H3/p+1. The number of nitrogens with zero attached hydrogens (tertiary/aromatic N) is 3. The second kappa shape index (κ2) is 15.5. The molecule has 0 radical (unpaired) electrons. The number of aliphatic carboxylic acids is 1. The minimum atomic E-state index is -0.866. The molecule has 1 atom stereocenters. The number of unbranched alkanes of at least 4 members (excludes halogenated alkanes) is 1. The first kappa shape index (κ1) is 33.9. The highest BCUT2D eigenvalue weighted by molar-refractivity contribution is 5.95. The summed E-state index contributed by atoms with van der Waals surface area (Å²) < 4.78 is 13.0. The molecule has 8 heteroatoms. The van der Waals surface area contributed by atoms with Gasteiger partial charge in [-0.15, -0.1) is 0 Å². The van der Waals surface area contributed by atoms with E-state index in [9.17, 15) is 20.0 Å². The number of aromatic nitrogens is 1. The van der Waals surface area contributed by atoms with E-state index < -0.39 is 11.4 Å². The summed E-state index contributed by atoms with van der Waals surface area (Å²) in [7, 11) is 0. The molecule has 4 aromatic carbocycles. The van der Waals surface area contributed by atoms with E-state index in [4.69, 9.17) is 9.15 Å². The van der Waals surface area contributed by atoms with Gasteiger partial charge in [-0.3, -0.25) is 9.59 Å². The van der Waals surface area contributed by atoms with Crippen molar-refractivity contribution in [3.63, 3.8) is 0 Å². The quantitative estimate of drug-likeness (QED) is 0.0396. The van der Waals surface area contributed by atoms with Gasteiger partial charge in [0.15, 0.2) is 13.2 Å². The van der Waals surface area contributed by atoms with Gasteiger partial charge in [-0.1, -0.05) is 92.6 Å². The average molecular weight is 667 g/mol. The smallest absolute Gasteiger partial charge is 0.374 e. The molecule has 0 bridgehead atoms. The van der Waals surface area contributed by atoms with Crippen molar-refractivity contribution in [2.45, 2.75) is 51.0 Å². The largest absolute Gasteiger partial charge is 0.481 e. The van der Waals surface area contributed by atoms with E-state index in [0.29, 0.717) is 36.6 Å². The number of benzene rings is 4. The molecule has 1 unspecified atom stereocenters. The molecule has 1 aliphatic rings. The van der Waals surface area contributed by atoms with Gasteiger partial charge < -0.3 is 19.2 Å². The number of rotatable bonds is 15. The third-order valence-electron chi connectivity index (χ3n) is 9.41. The van der Waals surface area contributed by atoms with Crippen LogP contribution in [0.25, 0.3) is 27.9 Å². The third-order valence-corrected chi connectivity index (χ3v) is 9.41. The fourth-order valence-corrected chi connectivity index (χ4v) is 7.20. The van der Waals surface area contributed by atoms with Crippen molar-refractivity contribution in [2.24, 2.45) is 0 Å². The van der Waals surface area contributed by atoms with Gasteiger partial charge in [0.1, 0.15) is 0 Å². The molecule has 0 spiro atoms. The highest BCUT2D eigenvalue weighted by atomic mass is 16.5. The summed E-state index contributed by atoms with van der Waals surface area (Å²) in [6.07, 6.45) is 10.8. The molecule has 8 nitrogen and oxygen atoms in total. The maximum atomic E-state index is 12.0. The van der Waals surface area contributed by atoms with E-state index in [0.717, 1.165) is 53.4 Å². The summed E-state index contributed by atoms with van der Waals surface area (Å²) in [6, 6.07) is 33.0. The summed E-state index contributed by atoms with van der Waals surface area (Å²) in [5, 5.41) is 22.4. The highest BCUT2D eigenvalue weighted by Gasteiger charge is 2.47. The molecule has 1 N–H and O–H groups in total. The van der Waals surface area contributed by atoms with Crippen LogP contribution in [0.4, 0.5) is 5.69 Å². The summed E-state index contributed by atoms with van der Waals surface area (Å²) in [6.45, 7) is 3.46. The van der Waals surface area contributed by atoms with Crippen LogP contribution in [0, 0.1) is 11.3 Å². The summed E-state index contributed by atoms with van der Waals surface area (Å²) in [5.74, 6) is -0.353. The number of ether oxygens (including phenoxy) is 1. The Balaban J connectivity index is 1.51. The number of carboxylic acids is 1. The minimum absolute atomic E-state index is 0.0343. The van der Waals surface area contributed by atoms with Crippen molar-refractivity contribution in [3.05, 3.63) is 138 Å². The Morgan fingerprint density at radius 2 is 1.82 bits per heavy atom. The third kappa shape index (κ3) is 6.94. The predicted molar refractivity (Wildman–Crippen MR) is 194 cm³/mol. The van der Waals surface area contributed by atoms with Crippen LogP contribution in [-0.2, 0) is 32.7 Å². The zero-order chi connectivity index (χ0) is 34.9. The number of allylic oxidation sites excluding steroid dienone is 5. The first-order valence-electron chi connectivity index (χ1n) is 17.0. The summed E-state index contributed by atoms with van der Waals surface area (Å²) in [5.41, 5.74) is 5.82. The second-order valence-electron chi connectivity index (χ2n) is 12.5. The molecule has 0 saturated carbocycles. The number of hydrogen-bond acceptors (Lipinski definition) is 6. The van der Waals surface area contributed by atoms with Gasteiger partial charge in [-0.2, -0.15) is 9.83 Å². The topological polar surface area (TPSA) is 108 Å². The Labute approximate surface area is 291 Å². The van der Waals surface area contributed by atoms with Crippen LogP contribution in [0.3, 0.4) is 0 Å². The van der Waals surface area contributed by atoms with E-state index in [2.05, 4.69) is 72.5 Å². The van der Waals surface area contributed by atoms with Crippen molar-refractivity contribution in [1.29, 1.82) is 5.26 Å². The summed E-state index contributed by atoms with van der Waals surface area (Å²) >= 11 is 0. The van der Waals surface area contributed by atoms with Crippen LogP contribution in [0.15, 0.2) is 125 Å². The molecule has 0 amide bonds. The van der Waals surface area contributed by atoms with Crippen LogP contribution in [0.5, 0.6) is 0 Å². The number of nitriles is 1. The number of carbonyl (C=O) groups excluding carboxylic acids is 1. The van der Waals surface area contributed by atoms with Crippen LogP contribution in [0.1, 0.15) is 49.6 Å². The molecular formula is C42H40N3O5+. The van der Waals surface area contributed by atoms with Gasteiger partial charge in [0.05, 0.1) is 24.1 Å². The van der Waals surface area contributed by atoms with Crippen molar-refractivity contribution in [3.8, 4) is 6.07 Å². The average Bonchev–Trinajstić information content (AvgIpc) is 3.62. The number of para-hydroxylation sites is 2. The van der Waals surface area contributed by atoms with Gasteiger partial charge in [0.2, 0.25) is 5.58 Å². The Morgan fingerprint density at radius 1 is 1.04 bits per heavy atom. The lowest BCUT2D eigenvalue weighted by Crippen LogP contribution is -2.37. The van der Waals surface area contributed by atoms with Crippen molar-refractivity contribution < 1.29 is 28.4 Å². The number of oxazole rings is 1. The molecule has 252 valence electrons. The van der Waals surface area contributed by atoms with E-state index in [-0.39, 0.29) is 13.0 Å². The first-order valence-corrected chi connectivity index (χ1v) is 17.0. The van der Waals surface area contributed by atoms with E-state index in [1.54, 1.807) is 12.2 Å². The van der Waals surface area contributed by atoms with Gasteiger partial charge in [-0.25, -0.2) is 0 Å². The number of anilines is 1. The molecule has 0 fully saturated rings. The van der Waals surface area contributed by atoms with Gasteiger partial charge in [-0.05, 0) is 65.1 Å². The number of carboxylic acid groups (broad SMARTS) is 1. The Hall–Kier alpha value is -5.94. The van der Waals surface area contributed by atoms with Gasteiger partial charge in [0.25, 0.3) is 12.0 Å². The Kier molecular flexibility index (Phi) is 10.5. The first-order chi connectivity index (χ1) is 24.5. The SMILES string of the molecule is CCCCC1(Cc2ccccc2)\C(=C/C=C(C#N)/C=C/c2oc3ccccc3[n+]2CCOC=O)N(CCC(=O)O)c2ccc3ccccc3c21. The van der Waals surface area contributed by atoms with E-state index >= 15 is 0 Å². The van der Waals surface area contributed by atoms with Crippen molar-refractivity contribution in [1.82, 2.24) is 0 Å². The van der Waals surface area contributed by atoms with Crippen LogP contribution < -0.4 is 9.47 Å². The molecule has 2 heterocycles. The van der Waals surface area contributed by atoms with Crippen molar-refractivity contribution >= 4 is 46.1 Å². The predicted octanol–water partition coefficient (Wildman–Crippen LogP) is 8.06. The maximum Gasteiger partial charge on any atom is 0.374 e. The van der Waals surface area contributed by atoms with Crippen molar-refractivity contribution in [2.75, 3.05) is 18.1 Å². The monoisotopic (exact) mass is 666 g/mol. The molecule has 50 heavy (non-hydrogen) atoms. The van der Waals surface area contributed by atoms with Gasteiger partial charge >= 0.3 is 11.9 Å². The van der Waals surface area contributed by atoms with Crippen LogP contribution in [0.2, 0.25) is 0 Å². The minimum Gasteiger partial charge on any atom is -0.481 e. The van der Waals surface area contributed by atoms with E-state index in [1.807, 2.05) is 53.1 Å². The van der Waals surface area contributed by atoms with E-state index in [1.165, 1.54) is 11.1 Å². The molecule has 6 rings (SSSR count). The molecule has 5 aromatic rings. The highest BCUT2D eigenvalue weighted by Crippen LogP contribution is 2.55. The number of carbonyl (C=O) groups is 2. The fraction of sp³-hybridized carbons (Fsp3) is 0.238. The number of fused-ring (bicyclic) bond motifs is 4. The molecule has 1 aliphatic heterocycles. The molecule has 1 aromatic heterocycles. The molecular weight excluding hydrogens is 626 g/mol. The lowest BCUT2D eigenvalue weighted by Gasteiger charge is -2.35. The zero-order valence-electron chi connectivity index (χ0n) is 28.1. The molecule has 0 saturated heterocycles. The lowest BCUT2D eigenvalue weighted by molar-refractivity contribution is -0.679.